The highest BCUT2D eigenvalue weighted by Gasteiger charge is 2.27. The van der Waals surface area contributed by atoms with Crippen LogP contribution >= 0.6 is 11.8 Å². The third kappa shape index (κ3) is 4.21. The molecule has 1 fully saturated rings. The maximum Gasteiger partial charge on any atom is 0.223 e. The van der Waals surface area contributed by atoms with Crippen molar-refractivity contribution in [3.63, 3.8) is 0 Å². The summed E-state index contributed by atoms with van der Waals surface area (Å²) in [5.74, 6) is 0.752. The standard InChI is InChI=1S/C15H21FN2OS/c1-17-11-13-3-2-9-18(13)15(19)8-10-20-14-6-4-12(16)5-7-14/h4-7,13,17H,2-3,8-11H2,1H3. The summed E-state index contributed by atoms with van der Waals surface area (Å²) in [5.41, 5.74) is 0. The van der Waals surface area contributed by atoms with E-state index in [9.17, 15) is 9.18 Å². The molecule has 0 radical (unpaired) electrons. The number of carbonyl (C=O) groups is 1. The van der Waals surface area contributed by atoms with Gasteiger partial charge in [0.2, 0.25) is 5.91 Å². The van der Waals surface area contributed by atoms with Crippen molar-refractivity contribution in [1.29, 1.82) is 0 Å². The van der Waals surface area contributed by atoms with Crippen molar-refractivity contribution in [1.82, 2.24) is 10.2 Å². The van der Waals surface area contributed by atoms with Crippen LogP contribution in [0.4, 0.5) is 4.39 Å². The Balaban J connectivity index is 1.76. The quantitative estimate of drug-likeness (QED) is 0.819. The van der Waals surface area contributed by atoms with E-state index in [1.54, 1.807) is 23.9 Å². The van der Waals surface area contributed by atoms with E-state index >= 15 is 0 Å². The maximum atomic E-state index is 12.8. The Kier molecular flexibility index (Phi) is 5.86. The first-order valence-electron chi connectivity index (χ1n) is 7.03. The third-order valence-corrected chi connectivity index (χ3v) is 4.55. The van der Waals surface area contributed by atoms with Gasteiger partial charge in [-0.3, -0.25) is 4.79 Å². The van der Waals surface area contributed by atoms with Crippen LogP contribution in [0.25, 0.3) is 0 Å². The van der Waals surface area contributed by atoms with Crippen molar-refractivity contribution in [2.24, 2.45) is 0 Å². The molecule has 1 unspecified atom stereocenters. The van der Waals surface area contributed by atoms with E-state index in [0.29, 0.717) is 12.5 Å². The Hall–Kier alpha value is -1.07. The van der Waals surface area contributed by atoms with Crippen molar-refractivity contribution in [2.45, 2.75) is 30.2 Å². The summed E-state index contributed by atoms with van der Waals surface area (Å²) in [6, 6.07) is 6.76. The molecule has 0 bridgehead atoms. The molecule has 0 saturated carbocycles. The molecule has 1 aromatic rings. The second-order valence-electron chi connectivity index (χ2n) is 4.99. The Morgan fingerprint density at radius 1 is 1.45 bits per heavy atom. The fraction of sp³-hybridized carbons (Fsp3) is 0.533. The molecule has 0 aliphatic carbocycles. The molecule has 3 nitrogen and oxygen atoms in total. The van der Waals surface area contributed by atoms with E-state index in [-0.39, 0.29) is 11.7 Å². The lowest BCUT2D eigenvalue weighted by molar-refractivity contribution is -0.131. The number of amides is 1. The summed E-state index contributed by atoms with van der Waals surface area (Å²) in [6.45, 7) is 1.75. The molecule has 1 atom stereocenters. The number of likely N-dealkylation sites (tertiary alicyclic amines) is 1. The van der Waals surface area contributed by atoms with E-state index in [4.69, 9.17) is 0 Å². The van der Waals surface area contributed by atoms with Gasteiger partial charge in [0.15, 0.2) is 0 Å². The van der Waals surface area contributed by atoms with Gasteiger partial charge in [0.05, 0.1) is 0 Å². The molecule has 0 aromatic heterocycles. The number of nitrogens with one attached hydrogen (secondary N) is 1. The van der Waals surface area contributed by atoms with Crippen molar-refractivity contribution < 1.29 is 9.18 Å². The van der Waals surface area contributed by atoms with Crippen LogP contribution in [-0.2, 0) is 4.79 Å². The number of rotatable bonds is 6. The fourth-order valence-electron chi connectivity index (χ4n) is 2.54. The van der Waals surface area contributed by atoms with Crippen LogP contribution in [0.15, 0.2) is 29.2 Å². The van der Waals surface area contributed by atoms with Gasteiger partial charge in [-0.1, -0.05) is 0 Å². The lowest BCUT2D eigenvalue weighted by atomic mass is 10.2. The fourth-order valence-corrected chi connectivity index (χ4v) is 3.38. The number of thioether (sulfide) groups is 1. The second-order valence-corrected chi connectivity index (χ2v) is 6.16. The molecule has 20 heavy (non-hydrogen) atoms. The largest absolute Gasteiger partial charge is 0.338 e. The van der Waals surface area contributed by atoms with Crippen molar-refractivity contribution in [2.75, 3.05) is 25.9 Å². The summed E-state index contributed by atoms with van der Waals surface area (Å²) in [7, 11) is 1.92. The van der Waals surface area contributed by atoms with E-state index in [1.807, 2.05) is 11.9 Å². The average Bonchev–Trinajstić information content (AvgIpc) is 2.90. The summed E-state index contributed by atoms with van der Waals surface area (Å²) >= 11 is 1.60. The molecule has 0 spiro atoms. The molecular weight excluding hydrogens is 275 g/mol. The molecule has 1 amide bonds. The zero-order chi connectivity index (χ0) is 14.4. The Labute approximate surface area is 123 Å². The minimum absolute atomic E-state index is 0.225. The van der Waals surface area contributed by atoms with Crippen LogP contribution in [0.1, 0.15) is 19.3 Å². The Bertz CT molecular complexity index is 438. The topological polar surface area (TPSA) is 32.3 Å². The summed E-state index contributed by atoms with van der Waals surface area (Å²) < 4.78 is 12.8. The van der Waals surface area contributed by atoms with Crippen molar-refractivity contribution in [3.8, 4) is 0 Å². The lowest BCUT2D eigenvalue weighted by Crippen LogP contribution is -2.40. The number of carbonyl (C=O) groups excluding carboxylic acids is 1. The predicted molar refractivity (Wildman–Crippen MR) is 80.4 cm³/mol. The molecule has 1 saturated heterocycles. The highest BCUT2D eigenvalue weighted by atomic mass is 32.2. The minimum Gasteiger partial charge on any atom is -0.338 e. The van der Waals surface area contributed by atoms with E-state index < -0.39 is 0 Å². The number of hydrogen-bond acceptors (Lipinski definition) is 3. The van der Waals surface area contributed by atoms with E-state index in [1.165, 1.54) is 12.1 Å². The zero-order valence-corrected chi connectivity index (χ0v) is 12.6. The molecule has 2 rings (SSSR count). The van der Waals surface area contributed by atoms with Crippen LogP contribution in [0.2, 0.25) is 0 Å². The zero-order valence-electron chi connectivity index (χ0n) is 11.8. The number of nitrogens with zero attached hydrogens (tertiary/aromatic N) is 1. The van der Waals surface area contributed by atoms with Crippen molar-refractivity contribution in [3.05, 3.63) is 30.1 Å². The number of halogens is 1. The van der Waals surface area contributed by atoms with E-state index in [0.717, 1.165) is 36.6 Å². The minimum atomic E-state index is -0.225. The van der Waals surface area contributed by atoms with Crippen molar-refractivity contribution >= 4 is 17.7 Å². The third-order valence-electron chi connectivity index (χ3n) is 3.54. The first-order chi connectivity index (χ1) is 9.70. The first-order valence-corrected chi connectivity index (χ1v) is 8.01. The lowest BCUT2D eigenvalue weighted by Gasteiger charge is -2.24. The average molecular weight is 296 g/mol. The Morgan fingerprint density at radius 2 is 2.20 bits per heavy atom. The van der Waals surface area contributed by atoms with E-state index in [2.05, 4.69) is 5.32 Å². The number of benzene rings is 1. The van der Waals surface area contributed by atoms with Gasteiger partial charge < -0.3 is 10.2 Å². The van der Waals surface area contributed by atoms with Gasteiger partial charge in [-0.25, -0.2) is 4.39 Å². The number of hydrogen-bond donors (Lipinski definition) is 1. The molecule has 110 valence electrons. The molecule has 1 heterocycles. The summed E-state index contributed by atoms with van der Waals surface area (Å²) in [4.78, 5) is 15.2. The SMILES string of the molecule is CNCC1CCCN1C(=O)CCSc1ccc(F)cc1. The molecule has 1 aliphatic heterocycles. The van der Waals surface area contributed by atoms with Gasteiger partial charge in [0, 0.05) is 36.2 Å². The van der Waals surface area contributed by atoms with Gasteiger partial charge >= 0.3 is 0 Å². The molecular formula is C15H21FN2OS. The smallest absolute Gasteiger partial charge is 0.223 e. The molecule has 1 N–H and O–H groups in total. The van der Waals surface area contributed by atoms with Crippen LogP contribution in [0, 0.1) is 5.82 Å². The van der Waals surface area contributed by atoms with Crippen LogP contribution in [0.3, 0.4) is 0 Å². The van der Waals surface area contributed by atoms with Crippen LogP contribution < -0.4 is 5.32 Å². The monoisotopic (exact) mass is 296 g/mol. The normalized spacial score (nSPS) is 18.5. The van der Waals surface area contributed by atoms with Crippen LogP contribution in [-0.4, -0.2) is 42.7 Å². The number of likely N-dealkylation sites (N-methyl/N-ethyl adjacent to an activating group) is 1. The predicted octanol–water partition coefficient (Wildman–Crippen LogP) is 2.52. The molecule has 1 aromatic carbocycles. The van der Waals surface area contributed by atoms with Gasteiger partial charge in [0.25, 0.3) is 0 Å². The first kappa shape index (κ1) is 15.3. The van der Waals surface area contributed by atoms with Gasteiger partial charge in [0.1, 0.15) is 5.82 Å². The van der Waals surface area contributed by atoms with Gasteiger partial charge in [-0.05, 0) is 44.2 Å². The highest BCUT2D eigenvalue weighted by Crippen LogP contribution is 2.21. The molecule has 1 aliphatic rings. The van der Waals surface area contributed by atoms with Crippen LogP contribution in [0.5, 0.6) is 0 Å². The summed E-state index contributed by atoms with van der Waals surface area (Å²) in [6.07, 6.45) is 2.74. The molecule has 5 heteroatoms. The summed E-state index contributed by atoms with van der Waals surface area (Å²) in [5, 5.41) is 3.15. The van der Waals surface area contributed by atoms with Gasteiger partial charge in [-0.2, -0.15) is 0 Å². The van der Waals surface area contributed by atoms with Gasteiger partial charge in [-0.15, -0.1) is 11.8 Å². The Morgan fingerprint density at radius 3 is 2.90 bits per heavy atom. The second kappa shape index (κ2) is 7.64. The highest BCUT2D eigenvalue weighted by molar-refractivity contribution is 7.99. The maximum absolute atomic E-state index is 12.8.